The van der Waals surface area contributed by atoms with Crippen LogP contribution in [0, 0.1) is 0 Å². The van der Waals surface area contributed by atoms with Crippen molar-refractivity contribution >= 4 is 30.9 Å². The number of aromatic nitrogens is 1. The van der Waals surface area contributed by atoms with E-state index in [1.165, 1.54) is 0 Å². The molecule has 1 rings (SSSR count). The largest absolute Gasteiger partial charge is 0.421 e. The van der Waals surface area contributed by atoms with E-state index in [1.807, 2.05) is 0 Å². The van der Waals surface area contributed by atoms with Crippen molar-refractivity contribution in [2.45, 2.75) is 6.18 Å². The number of halogens is 5. The molecular formula is C7H7Cl2F3N2O2. The second-order valence-electron chi connectivity index (χ2n) is 2.27. The van der Waals surface area contributed by atoms with Crippen molar-refractivity contribution in [3.63, 3.8) is 0 Å². The number of hydrogen-bond donors (Lipinski definition) is 1. The molecule has 0 spiro atoms. The lowest BCUT2D eigenvalue weighted by molar-refractivity contribution is -0.138. The maximum atomic E-state index is 12.2. The number of carbonyl (C=O) groups excluding carboxylic acids is 1. The van der Waals surface area contributed by atoms with Gasteiger partial charge in [-0.05, 0) is 12.1 Å². The molecule has 0 aromatic carbocycles. The summed E-state index contributed by atoms with van der Waals surface area (Å²) in [6.45, 7) is 0. The summed E-state index contributed by atoms with van der Waals surface area (Å²) in [5, 5.41) is 0. The topological polar surface area (TPSA) is 65.2 Å². The highest BCUT2D eigenvalue weighted by atomic mass is 35.5. The molecule has 1 heterocycles. The molecule has 16 heavy (non-hydrogen) atoms. The SMILES string of the molecule is Cl.Cl.NC(=O)Oc1ncccc1C(F)(F)F. The maximum absolute atomic E-state index is 12.2. The van der Waals surface area contributed by atoms with Crippen LogP contribution < -0.4 is 10.5 Å². The lowest BCUT2D eigenvalue weighted by atomic mass is 10.2. The highest BCUT2D eigenvalue weighted by molar-refractivity contribution is 5.85. The zero-order valence-electron chi connectivity index (χ0n) is 7.52. The molecule has 0 aliphatic rings. The molecule has 2 N–H and O–H groups in total. The second-order valence-corrected chi connectivity index (χ2v) is 2.27. The third-order valence-electron chi connectivity index (χ3n) is 1.27. The van der Waals surface area contributed by atoms with Gasteiger partial charge in [0.05, 0.1) is 0 Å². The van der Waals surface area contributed by atoms with Gasteiger partial charge in [-0.1, -0.05) is 0 Å². The summed E-state index contributed by atoms with van der Waals surface area (Å²) < 4.78 is 40.8. The molecule has 0 saturated heterocycles. The van der Waals surface area contributed by atoms with Crippen molar-refractivity contribution in [1.82, 2.24) is 4.98 Å². The number of carbonyl (C=O) groups is 1. The molecule has 0 unspecified atom stereocenters. The maximum Gasteiger partial charge on any atom is 0.421 e. The van der Waals surface area contributed by atoms with Gasteiger partial charge in [0.2, 0.25) is 5.88 Å². The number of primary amides is 1. The molecule has 1 aromatic rings. The summed E-state index contributed by atoms with van der Waals surface area (Å²) >= 11 is 0. The molecule has 92 valence electrons. The average Bonchev–Trinajstić information content (AvgIpc) is 2.01. The van der Waals surface area contributed by atoms with Crippen molar-refractivity contribution in [2.75, 3.05) is 0 Å². The van der Waals surface area contributed by atoms with Gasteiger partial charge in [0.1, 0.15) is 5.56 Å². The van der Waals surface area contributed by atoms with Crippen molar-refractivity contribution in [3.05, 3.63) is 23.9 Å². The Labute approximate surface area is 101 Å². The predicted molar refractivity (Wildman–Crippen MR) is 53.9 cm³/mol. The Morgan fingerprint density at radius 2 is 1.94 bits per heavy atom. The van der Waals surface area contributed by atoms with Gasteiger partial charge in [-0.25, -0.2) is 9.78 Å². The van der Waals surface area contributed by atoms with Crippen LogP contribution in [0.15, 0.2) is 18.3 Å². The van der Waals surface area contributed by atoms with E-state index in [9.17, 15) is 18.0 Å². The summed E-state index contributed by atoms with van der Waals surface area (Å²) in [7, 11) is 0. The minimum atomic E-state index is -4.63. The normalized spacial score (nSPS) is 9.69. The molecule has 0 atom stereocenters. The monoisotopic (exact) mass is 278 g/mol. The van der Waals surface area contributed by atoms with Crippen LogP contribution in [0.2, 0.25) is 0 Å². The molecular weight excluding hydrogens is 272 g/mol. The van der Waals surface area contributed by atoms with Gasteiger partial charge in [-0.3, -0.25) is 0 Å². The van der Waals surface area contributed by atoms with Crippen LogP contribution in [0.3, 0.4) is 0 Å². The summed E-state index contributed by atoms with van der Waals surface area (Å²) in [6, 6.07) is 1.82. The quantitative estimate of drug-likeness (QED) is 0.858. The standard InChI is InChI=1S/C7H5F3N2O2.2ClH/c8-7(9,10)4-2-1-3-12-5(4)14-6(11)13;;/h1-3H,(H2,11,13);2*1H. The van der Waals surface area contributed by atoms with Gasteiger partial charge in [0.25, 0.3) is 0 Å². The summed E-state index contributed by atoms with van der Waals surface area (Å²) in [4.78, 5) is 13.5. The number of ether oxygens (including phenoxy) is 1. The van der Waals surface area contributed by atoms with Crippen molar-refractivity contribution in [2.24, 2.45) is 5.73 Å². The Morgan fingerprint density at radius 3 is 2.38 bits per heavy atom. The fourth-order valence-electron chi connectivity index (χ4n) is 0.783. The predicted octanol–water partition coefficient (Wildman–Crippen LogP) is 2.40. The minimum Gasteiger partial charge on any atom is -0.391 e. The Kier molecular flexibility index (Phi) is 6.87. The van der Waals surface area contributed by atoms with Crippen LogP contribution in [0.25, 0.3) is 0 Å². The van der Waals surface area contributed by atoms with E-state index in [-0.39, 0.29) is 24.8 Å². The molecule has 0 saturated carbocycles. The molecule has 9 heteroatoms. The zero-order chi connectivity index (χ0) is 10.8. The van der Waals surface area contributed by atoms with Gasteiger partial charge >= 0.3 is 12.3 Å². The van der Waals surface area contributed by atoms with E-state index in [4.69, 9.17) is 0 Å². The fourth-order valence-corrected chi connectivity index (χ4v) is 0.783. The van der Waals surface area contributed by atoms with Crippen LogP contribution in [-0.2, 0) is 6.18 Å². The van der Waals surface area contributed by atoms with E-state index in [1.54, 1.807) is 0 Å². The molecule has 0 fully saturated rings. The van der Waals surface area contributed by atoms with Crippen molar-refractivity contribution in [3.8, 4) is 5.88 Å². The van der Waals surface area contributed by atoms with Crippen molar-refractivity contribution in [1.29, 1.82) is 0 Å². The summed E-state index contributed by atoms with van der Waals surface area (Å²) in [6.07, 6.45) is -4.90. The smallest absolute Gasteiger partial charge is 0.391 e. The van der Waals surface area contributed by atoms with E-state index in [0.29, 0.717) is 0 Å². The number of nitrogens with two attached hydrogens (primary N) is 1. The molecule has 1 aromatic heterocycles. The van der Waals surface area contributed by atoms with Gasteiger partial charge in [0.15, 0.2) is 0 Å². The average molecular weight is 279 g/mol. The third kappa shape index (κ3) is 4.54. The van der Waals surface area contributed by atoms with Crippen LogP contribution in [0.1, 0.15) is 5.56 Å². The molecule has 4 nitrogen and oxygen atoms in total. The lowest BCUT2D eigenvalue weighted by Crippen LogP contribution is -2.19. The first-order valence-electron chi connectivity index (χ1n) is 3.41. The molecule has 0 bridgehead atoms. The fraction of sp³-hybridized carbons (Fsp3) is 0.143. The minimum absolute atomic E-state index is 0. The first-order valence-corrected chi connectivity index (χ1v) is 3.41. The number of rotatable bonds is 1. The molecule has 0 radical (unpaired) electrons. The Bertz CT molecular complexity index is 360. The van der Waals surface area contributed by atoms with Crippen LogP contribution >= 0.6 is 24.8 Å². The Morgan fingerprint density at radius 1 is 1.38 bits per heavy atom. The van der Waals surface area contributed by atoms with Crippen molar-refractivity contribution < 1.29 is 22.7 Å². The van der Waals surface area contributed by atoms with Gasteiger partial charge in [-0.2, -0.15) is 13.2 Å². The van der Waals surface area contributed by atoms with E-state index in [2.05, 4.69) is 15.5 Å². The second kappa shape index (κ2) is 6.39. The number of amides is 1. The Balaban J connectivity index is 0. The molecule has 0 aliphatic carbocycles. The van der Waals surface area contributed by atoms with Gasteiger partial charge in [0, 0.05) is 6.20 Å². The lowest BCUT2D eigenvalue weighted by Gasteiger charge is -2.09. The molecule has 0 aliphatic heterocycles. The van der Waals surface area contributed by atoms with E-state index < -0.39 is 23.7 Å². The van der Waals surface area contributed by atoms with Gasteiger partial charge < -0.3 is 10.5 Å². The first-order chi connectivity index (χ1) is 6.41. The highest BCUT2D eigenvalue weighted by Gasteiger charge is 2.35. The van der Waals surface area contributed by atoms with Crippen LogP contribution in [-0.4, -0.2) is 11.1 Å². The zero-order valence-corrected chi connectivity index (χ0v) is 9.16. The number of hydrogen-bond acceptors (Lipinski definition) is 3. The first kappa shape index (κ1) is 17.2. The molecule has 1 amide bonds. The third-order valence-corrected chi connectivity index (χ3v) is 1.27. The highest BCUT2D eigenvalue weighted by Crippen LogP contribution is 2.34. The van der Waals surface area contributed by atoms with E-state index >= 15 is 0 Å². The van der Waals surface area contributed by atoms with E-state index in [0.717, 1.165) is 18.3 Å². The number of pyridine rings is 1. The van der Waals surface area contributed by atoms with Crippen LogP contribution in [0.5, 0.6) is 5.88 Å². The van der Waals surface area contributed by atoms with Gasteiger partial charge in [-0.15, -0.1) is 24.8 Å². The van der Waals surface area contributed by atoms with Crippen LogP contribution in [0.4, 0.5) is 18.0 Å². The summed E-state index contributed by atoms with van der Waals surface area (Å²) in [5.41, 5.74) is 3.43. The number of alkyl halides is 3. The summed E-state index contributed by atoms with van der Waals surface area (Å²) in [5.74, 6) is -0.840. The Hall–Kier alpha value is -1.21. The number of nitrogens with zero attached hydrogens (tertiary/aromatic N) is 1.